The third kappa shape index (κ3) is 3.60. The van der Waals surface area contributed by atoms with Crippen LogP contribution in [0.25, 0.3) is 11.3 Å². The first-order valence-corrected chi connectivity index (χ1v) is 8.64. The van der Waals surface area contributed by atoms with Gasteiger partial charge in [-0.25, -0.2) is 0 Å². The Hall–Kier alpha value is -1.91. The second-order valence-corrected chi connectivity index (χ2v) is 6.70. The number of pyridine rings is 1. The van der Waals surface area contributed by atoms with Gasteiger partial charge in [0.2, 0.25) is 0 Å². The molecule has 1 aromatic heterocycles. The fourth-order valence-corrected chi connectivity index (χ4v) is 3.48. The van der Waals surface area contributed by atoms with E-state index < -0.39 is 6.10 Å². The molecule has 1 aliphatic rings. The van der Waals surface area contributed by atoms with Crippen molar-refractivity contribution in [2.45, 2.75) is 38.3 Å². The Labute approximate surface area is 147 Å². The first-order valence-electron chi connectivity index (χ1n) is 8.26. The highest BCUT2D eigenvalue weighted by Gasteiger charge is 2.31. The quantitative estimate of drug-likeness (QED) is 0.918. The molecular formula is C19H21ClN2O2. The van der Waals surface area contributed by atoms with Crippen LogP contribution in [0.4, 0.5) is 0 Å². The van der Waals surface area contributed by atoms with E-state index in [1.807, 2.05) is 35.2 Å². The van der Waals surface area contributed by atoms with Crippen molar-refractivity contribution in [1.29, 1.82) is 0 Å². The lowest BCUT2D eigenvalue weighted by Crippen LogP contribution is -2.37. The van der Waals surface area contributed by atoms with Gasteiger partial charge in [0.15, 0.2) is 0 Å². The Bertz CT molecular complexity index is 719. The second-order valence-electron chi connectivity index (χ2n) is 6.29. The molecule has 1 N–H and O–H groups in total. The minimum Gasteiger partial charge on any atom is -0.393 e. The van der Waals surface area contributed by atoms with E-state index >= 15 is 0 Å². The highest BCUT2D eigenvalue weighted by molar-refractivity contribution is 6.34. The van der Waals surface area contributed by atoms with Crippen LogP contribution < -0.4 is 0 Å². The van der Waals surface area contributed by atoms with Gasteiger partial charge < -0.3 is 10.0 Å². The van der Waals surface area contributed by atoms with Crippen molar-refractivity contribution >= 4 is 17.5 Å². The topological polar surface area (TPSA) is 53.4 Å². The van der Waals surface area contributed by atoms with E-state index in [9.17, 15) is 9.90 Å². The molecule has 1 saturated heterocycles. The molecule has 4 nitrogen and oxygen atoms in total. The van der Waals surface area contributed by atoms with Crippen molar-refractivity contribution in [3.63, 3.8) is 0 Å². The summed E-state index contributed by atoms with van der Waals surface area (Å²) < 4.78 is 0. The van der Waals surface area contributed by atoms with Gasteiger partial charge in [-0.15, -0.1) is 0 Å². The Balaban J connectivity index is 1.89. The predicted molar refractivity (Wildman–Crippen MR) is 95.0 cm³/mol. The lowest BCUT2D eigenvalue weighted by atomic mass is 10.0. The smallest absolute Gasteiger partial charge is 0.255 e. The molecular weight excluding hydrogens is 324 g/mol. The molecule has 0 bridgehead atoms. The van der Waals surface area contributed by atoms with Crippen LogP contribution in [0.1, 0.15) is 36.5 Å². The van der Waals surface area contributed by atoms with E-state index in [0.717, 1.165) is 24.1 Å². The van der Waals surface area contributed by atoms with Gasteiger partial charge in [0.05, 0.1) is 22.4 Å². The minimum absolute atomic E-state index is 0.0686. The molecule has 5 heteroatoms. The lowest BCUT2D eigenvalue weighted by Gasteiger charge is -2.26. The van der Waals surface area contributed by atoms with Crippen molar-refractivity contribution in [3.05, 3.63) is 53.2 Å². The highest BCUT2D eigenvalue weighted by atomic mass is 35.5. The largest absolute Gasteiger partial charge is 0.393 e. The summed E-state index contributed by atoms with van der Waals surface area (Å²) in [6, 6.07) is 11.2. The van der Waals surface area contributed by atoms with Crippen LogP contribution in [0.5, 0.6) is 0 Å². The van der Waals surface area contributed by atoms with Gasteiger partial charge in [-0.1, -0.05) is 23.7 Å². The van der Waals surface area contributed by atoms with Crippen LogP contribution in [0.15, 0.2) is 42.6 Å². The first-order chi connectivity index (χ1) is 11.6. The normalized spacial score (nSPS) is 18.6. The maximum absolute atomic E-state index is 13.0. The van der Waals surface area contributed by atoms with E-state index in [4.69, 9.17) is 11.6 Å². The molecule has 0 radical (unpaired) electrons. The zero-order chi connectivity index (χ0) is 17.1. The molecule has 3 rings (SSSR count). The number of likely N-dealkylation sites (tertiary alicyclic amines) is 1. The average molecular weight is 345 g/mol. The summed E-state index contributed by atoms with van der Waals surface area (Å²) in [7, 11) is 0. The molecule has 1 aliphatic heterocycles. The Morgan fingerprint density at radius 3 is 2.96 bits per heavy atom. The summed E-state index contributed by atoms with van der Waals surface area (Å²) in [5.41, 5.74) is 2.18. The fraction of sp³-hybridized carbons (Fsp3) is 0.368. The average Bonchev–Trinajstić information content (AvgIpc) is 3.03. The summed E-state index contributed by atoms with van der Waals surface area (Å²) >= 11 is 6.29. The lowest BCUT2D eigenvalue weighted by molar-refractivity contribution is 0.0682. The zero-order valence-corrected chi connectivity index (χ0v) is 14.4. The van der Waals surface area contributed by atoms with E-state index in [1.54, 1.807) is 19.2 Å². The van der Waals surface area contributed by atoms with Crippen molar-refractivity contribution in [3.8, 4) is 11.3 Å². The maximum Gasteiger partial charge on any atom is 0.255 e. The van der Waals surface area contributed by atoms with Crippen molar-refractivity contribution in [1.82, 2.24) is 9.88 Å². The molecule has 126 valence electrons. The Morgan fingerprint density at radius 2 is 2.25 bits per heavy atom. The molecule has 24 heavy (non-hydrogen) atoms. The molecule has 0 aliphatic carbocycles. The monoisotopic (exact) mass is 344 g/mol. The number of rotatable bonds is 4. The molecule has 2 aromatic rings. The summed E-state index contributed by atoms with van der Waals surface area (Å²) in [4.78, 5) is 19.2. The number of benzene rings is 1. The number of halogens is 1. The van der Waals surface area contributed by atoms with Crippen molar-refractivity contribution < 1.29 is 9.90 Å². The van der Waals surface area contributed by atoms with Crippen LogP contribution in [-0.2, 0) is 0 Å². The van der Waals surface area contributed by atoms with Crippen molar-refractivity contribution in [2.24, 2.45) is 0 Å². The second kappa shape index (κ2) is 7.32. The third-order valence-electron chi connectivity index (χ3n) is 4.41. The number of carbonyl (C=O) groups is 1. The first kappa shape index (κ1) is 16.9. The third-order valence-corrected chi connectivity index (χ3v) is 4.74. The summed E-state index contributed by atoms with van der Waals surface area (Å²) in [5.74, 6) is -0.0686. The van der Waals surface area contributed by atoms with Crippen molar-refractivity contribution in [2.75, 3.05) is 6.54 Å². The van der Waals surface area contributed by atoms with Gasteiger partial charge in [0.25, 0.3) is 5.91 Å². The predicted octanol–water partition coefficient (Wildman–Crippen LogP) is 3.78. The van der Waals surface area contributed by atoms with Gasteiger partial charge in [-0.2, -0.15) is 0 Å². The molecule has 1 fully saturated rings. The number of hydrogen-bond acceptors (Lipinski definition) is 3. The van der Waals surface area contributed by atoms with Gasteiger partial charge >= 0.3 is 0 Å². The number of aromatic nitrogens is 1. The molecule has 0 spiro atoms. The summed E-state index contributed by atoms with van der Waals surface area (Å²) in [5, 5.41) is 10.1. The number of nitrogens with zero attached hydrogens (tertiary/aromatic N) is 2. The highest BCUT2D eigenvalue weighted by Crippen LogP contribution is 2.29. The van der Waals surface area contributed by atoms with Gasteiger partial charge in [-0.05, 0) is 50.5 Å². The van der Waals surface area contributed by atoms with Crippen LogP contribution >= 0.6 is 11.6 Å². The minimum atomic E-state index is -0.418. The zero-order valence-electron chi connectivity index (χ0n) is 13.7. The number of aliphatic hydroxyl groups excluding tert-OH is 1. The molecule has 1 amide bonds. The van der Waals surface area contributed by atoms with Gasteiger partial charge in [-0.3, -0.25) is 9.78 Å². The Morgan fingerprint density at radius 1 is 1.42 bits per heavy atom. The number of aliphatic hydroxyl groups is 1. The molecule has 0 saturated carbocycles. The van der Waals surface area contributed by atoms with Gasteiger partial charge in [0.1, 0.15) is 0 Å². The number of hydrogen-bond donors (Lipinski definition) is 1. The maximum atomic E-state index is 13.0. The standard InChI is InChI=1S/C19H21ClN2O2/c1-13(23)11-15-5-4-10-22(15)19(24)16-12-14(7-8-17(16)20)18-6-2-3-9-21-18/h2-3,6-9,12-13,15,23H,4-5,10-11H2,1H3. The molecule has 2 heterocycles. The number of carbonyl (C=O) groups excluding carboxylic acids is 1. The summed E-state index contributed by atoms with van der Waals surface area (Å²) in [6.45, 7) is 2.47. The fourth-order valence-electron chi connectivity index (χ4n) is 3.28. The van der Waals surface area contributed by atoms with Gasteiger partial charge in [0, 0.05) is 24.3 Å². The van der Waals surface area contributed by atoms with E-state index in [2.05, 4.69) is 4.98 Å². The van der Waals surface area contributed by atoms with Crippen LogP contribution in [0.3, 0.4) is 0 Å². The van der Waals surface area contributed by atoms with Crippen LogP contribution in [-0.4, -0.2) is 39.6 Å². The Kier molecular flexibility index (Phi) is 5.17. The van der Waals surface area contributed by atoms with Crippen LogP contribution in [0, 0.1) is 0 Å². The van der Waals surface area contributed by atoms with E-state index in [-0.39, 0.29) is 11.9 Å². The van der Waals surface area contributed by atoms with E-state index in [1.165, 1.54) is 0 Å². The molecule has 2 unspecified atom stereocenters. The number of amides is 1. The van der Waals surface area contributed by atoms with Crippen LogP contribution in [0.2, 0.25) is 5.02 Å². The molecule has 2 atom stereocenters. The SMILES string of the molecule is CC(O)CC1CCCN1C(=O)c1cc(-c2ccccn2)ccc1Cl. The molecule has 1 aromatic carbocycles. The summed E-state index contributed by atoms with van der Waals surface area (Å²) in [6.07, 6.45) is 3.79. The van der Waals surface area contributed by atoms with E-state index in [0.29, 0.717) is 23.6 Å².